The number of amides is 1. The quantitative estimate of drug-likeness (QED) is 0.852. The molecule has 0 unspecified atom stereocenters. The molecule has 0 radical (unpaired) electrons. The summed E-state index contributed by atoms with van der Waals surface area (Å²) in [6, 6.07) is 10.7. The van der Waals surface area contributed by atoms with Crippen LogP contribution in [0.15, 0.2) is 40.6 Å². The van der Waals surface area contributed by atoms with Crippen LogP contribution in [0.4, 0.5) is 5.69 Å². The first-order chi connectivity index (χ1) is 11.9. The lowest BCUT2D eigenvalue weighted by atomic mass is 9.97. The number of hydrogen-bond acceptors (Lipinski definition) is 4. The van der Waals surface area contributed by atoms with E-state index in [1.807, 2.05) is 31.2 Å². The third kappa shape index (κ3) is 4.23. The molecule has 3 rings (SSSR count). The molecule has 5 nitrogen and oxygen atoms in total. The summed E-state index contributed by atoms with van der Waals surface area (Å²) in [5.74, 6) is -0.236. The number of carbonyl (C=O) groups is 1. The molecule has 0 atom stereocenters. The summed E-state index contributed by atoms with van der Waals surface area (Å²) in [5, 5.41) is 2.91. The number of hydrogen-bond donors (Lipinski definition) is 1. The number of nitrogens with one attached hydrogen (secondary N) is 1. The van der Waals surface area contributed by atoms with Crippen LogP contribution in [0.1, 0.15) is 18.4 Å². The Hall–Kier alpha value is -1.41. The van der Waals surface area contributed by atoms with E-state index < -0.39 is 10.0 Å². The van der Waals surface area contributed by atoms with Crippen molar-refractivity contribution in [2.75, 3.05) is 18.4 Å². The smallest absolute Gasteiger partial charge is 0.252 e. The van der Waals surface area contributed by atoms with Gasteiger partial charge in [0, 0.05) is 24.7 Å². The van der Waals surface area contributed by atoms with Gasteiger partial charge in [0.05, 0.1) is 4.34 Å². The Morgan fingerprint density at radius 3 is 2.36 bits per heavy atom. The Bertz CT molecular complexity index is 854. The molecular weight excluding hydrogens is 380 g/mol. The molecule has 1 aliphatic heterocycles. The van der Waals surface area contributed by atoms with E-state index in [-0.39, 0.29) is 16.0 Å². The molecule has 0 spiro atoms. The lowest BCUT2D eigenvalue weighted by Gasteiger charge is -2.30. The van der Waals surface area contributed by atoms with E-state index in [2.05, 4.69) is 5.32 Å². The number of thiophene rings is 1. The highest BCUT2D eigenvalue weighted by Gasteiger charge is 2.32. The highest BCUT2D eigenvalue weighted by atomic mass is 35.5. The van der Waals surface area contributed by atoms with Crippen molar-refractivity contribution < 1.29 is 13.2 Å². The van der Waals surface area contributed by atoms with Gasteiger partial charge in [-0.2, -0.15) is 4.31 Å². The summed E-state index contributed by atoms with van der Waals surface area (Å²) in [4.78, 5) is 12.4. The minimum absolute atomic E-state index is 0.0555. The highest BCUT2D eigenvalue weighted by molar-refractivity contribution is 7.91. The first kappa shape index (κ1) is 18.4. The van der Waals surface area contributed by atoms with E-state index in [9.17, 15) is 13.2 Å². The SMILES string of the molecule is Cc1ccc(NC(=O)C2CCN(S(=O)(=O)c3ccc(Cl)s3)CC2)cc1. The number of aryl methyl sites for hydroxylation is 1. The maximum atomic E-state index is 12.6. The van der Waals surface area contributed by atoms with Gasteiger partial charge in [0.2, 0.25) is 5.91 Å². The number of carbonyl (C=O) groups excluding carboxylic acids is 1. The molecule has 2 aromatic rings. The monoisotopic (exact) mass is 398 g/mol. The van der Waals surface area contributed by atoms with Crippen molar-refractivity contribution in [1.29, 1.82) is 0 Å². The van der Waals surface area contributed by atoms with Crippen LogP contribution in [0.3, 0.4) is 0 Å². The summed E-state index contributed by atoms with van der Waals surface area (Å²) in [6.45, 7) is 2.66. The maximum absolute atomic E-state index is 12.6. The van der Waals surface area contributed by atoms with E-state index in [0.29, 0.717) is 30.3 Å². The number of benzene rings is 1. The average Bonchev–Trinajstić information content (AvgIpc) is 3.04. The molecule has 1 amide bonds. The topological polar surface area (TPSA) is 66.5 Å². The Kier molecular flexibility index (Phi) is 5.48. The minimum atomic E-state index is -3.52. The molecule has 1 aromatic carbocycles. The first-order valence-corrected chi connectivity index (χ1v) is 10.6. The van der Waals surface area contributed by atoms with E-state index >= 15 is 0 Å². The van der Waals surface area contributed by atoms with Gasteiger partial charge < -0.3 is 5.32 Å². The van der Waals surface area contributed by atoms with Gasteiger partial charge in [0.25, 0.3) is 10.0 Å². The first-order valence-electron chi connectivity index (χ1n) is 7.99. The molecule has 0 saturated carbocycles. The lowest BCUT2D eigenvalue weighted by molar-refractivity contribution is -0.120. The highest BCUT2D eigenvalue weighted by Crippen LogP contribution is 2.30. The molecule has 1 fully saturated rings. The zero-order valence-corrected chi connectivity index (χ0v) is 16.1. The largest absolute Gasteiger partial charge is 0.326 e. The van der Waals surface area contributed by atoms with Crippen molar-refractivity contribution in [1.82, 2.24) is 4.31 Å². The fourth-order valence-electron chi connectivity index (χ4n) is 2.80. The number of rotatable bonds is 4. The van der Waals surface area contributed by atoms with Crippen LogP contribution < -0.4 is 5.32 Å². The second-order valence-electron chi connectivity index (χ2n) is 6.09. The standard InChI is InChI=1S/C17H19ClN2O3S2/c1-12-2-4-14(5-3-12)19-17(21)13-8-10-20(11-9-13)25(22,23)16-7-6-15(18)24-16/h2-7,13H,8-11H2,1H3,(H,19,21). The summed E-state index contributed by atoms with van der Waals surface area (Å²) < 4.78 is 27.3. The van der Waals surface area contributed by atoms with Crippen molar-refractivity contribution in [3.63, 3.8) is 0 Å². The van der Waals surface area contributed by atoms with E-state index in [4.69, 9.17) is 11.6 Å². The third-order valence-corrected chi connectivity index (χ3v) is 7.88. The normalized spacial score (nSPS) is 16.7. The van der Waals surface area contributed by atoms with Gasteiger partial charge in [-0.25, -0.2) is 8.42 Å². The molecular formula is C17H19ClN2O3S2. The second-order valence-corrected chi connectivity index (χ2v) is 9.97. The van der Waals surface area contributed by atoms with E-state index in [0.717, 1.165) is 22.6 Å². The maximum Gasteiger partial charge on any atom is 0.252 e. The lowest BCUT2D eigenvalue weighted by Crippen LogP contribution is -2.41. The molecule has 1 saturated heterocycles. The van der Waals surface area contributed by atoms with Gasteiger partial charge >= 0.3 is 0 Å². The fourth-order valence-corrected chi connectivity index (χ4v) is 5.91. The van der Waals surface area contributed by atoms with Crippen LogP contribution in [0, 0.1) is 12.8 Å². The molecule has 8 heteroatoms. The summed E-state index contributed by atoms with van der Waals surface area (Å²) >= 11 is 6.89. The summed E-state index contributed by atoms with van der Waals surface area (Å²) in [5.41, 5.74) is 1.89. The molecule has 1 N–H and O–H groups in total. The van der Waals surface area contributed by atoms with Gasteiger partial charge in [-0.1, -0.05) is 29.3 Å². The Balaban J connectivity index is 1.59. The van der Waals surface area contributed by atoms with Crippen molar-refractivity contribution in [3.05, 3.63) is 46.3 Å². The van der Waals surface area contributed by atoms with Crippen LogP contribution in [-0.4, -0.2) is 31.7 Å². The Morgan fingerprint density at radius 2 is 1.80 bits per heavy atom. The molecule has 0 aliphatic carbocycles. The van der Waals surface area contributed by atoms with Crippen LogP contribution in [0.25, 0.3) is 0 Å². The van der Waals surface area contributed by atoms with Gasteiger partial charge in [0.1, 0.15) is 4.21 Å². The molecule has 2 heterocycles. The zero-order chi connectivity index (χ0) is 18.0. The molecule has 1 aliphatic rings. The van der Waals surface area contributed by atoms with Crippen molar-refractivity contribution in [3.8, 4) is 0 Å². The van der Waals surface area contributed by atoms with E-state index in [1.54, 1.807) is 6.07 Å². The van der Waals surface area contributed by atoms with Gasteiger partial charge in [-0.3, -0.25) is 4.79 Å². The van der Waals surface area contributed by atoms with Crippen LogP contribution in [0.5, 0.6) is 0 Å². The predicted octanol–water partition coefficient (Wildman–Crippen LogP) is 3.75. The van der Waals surface area contributed by atoms with Crippen LogP contribution in [-0.2, 0) is 14.8 Å². The van der Waals surface area contributed by atoms with Gasteiger partial charge in [-0.05, 0) is 44.0 Å². The predicted molar refractivity (Wildman–Crippen MR) is 101 cm³/mol. The second kappa shape index (κ2) is 7.45. The minimum Gasteiger partial charge on any atom is -0.326 e. The summed E-state index contributed by atoms with van der Waals surface area (Å²) in [6.07, 6.45) is 1.02. The van der Waals surface area contributed by atoms with Gasteiger partial charge in [0.15, 0.2) is 0 Å². The molecule has 25 heavy (non-hydrogen) atoms. The van der Waals surface area contributed by atoms with Crippen molar-refractivity contribution >= 4 is 44.6 Å². The third-order valence-electron chi connectivity index (χ3n) is 4.29. The number of piperidine rings is 1. The Morgan fingerprint density at radius 1 is 1.16 bits per heavy atom. The number of halogens is 1. The van der Waals surface area contributed by atoms with Crippen molar-refractivity contribution in [2.45, 2.75) is 24.0 Å². The molecule has 134 valence electrons. The zero-order valence-electron chi connectivity index (χ0n) is 13.7. The Labute approximate surface area is 156 Å². The van der Waals surface area contributed by atoms with Gasteiger partial charge in [-0.15, -0.1) is 11.3 Å². The number of sulfonamides is 1. The fraction of sp³-hybridized carbons (Fsp3) is 0.353. The summed E-state index contributed by atoms with van der Waals surface area (Å²) in [7, 11) is -3.52. The number of anilines is 1. The molecule has 1 aromatic heterocycles. The average molecular weight is 399 g/mol. The number of nitrogens with zero attached hydrogens (tertiary/aromatic N) is 1. The van der Waals surface area contributed by atoms with Crippen molar-refractivity contribution in [2.24, 2.45) is 5.92 Å². The van der Waals surface area contributed by atoms with Crippen LogP contribution >= 0.6 is 22.9 Å². The van der Waals surface area contributed by atoms with Crippen LogP contribution in [0.2, 0.25) is 4.34 Å². The van der Waals surface area contributed by atoms with E-state index in [1.165, 1.54) is 10.4 Å². The molecule has 0 bridgehead atoms.